The van der Waals surface area contributed by atoms with Crippen molar-refractivity contribution in [3.63, 3.8) is 0 Å². The summed E-state index contributed by atoms with van der Waals surface area (Å²) in [6.07, 6.45) is 3.92. The summed E-state index contributed by atoms with van der Waals surface area (Å²) < 4.78 is 35.0. The summed E-state index contributed by atoms with van der Waals surface area (Å²) in [6.45, 7) is 18.4. The van der Waals surface area contributed by atoms with Gasteiger partial charge in [0.15, 0.2) is 0 Å². The normalized spacial score (nSPS) is 14.5. The van der Waals surface area contributed by atoms with Crippen molar-refractivity contribution in [3.8, 4) is 0 Å². The number of aromatic nitrogens is 6. The Kier molecular flexibility index (Phi) is 41.9. The van der Waals surface area contributed by atoms with E-state index in [0.29, 0.717) is 81.6 Å². The van der Waals surface area contributed by atoms with Crippen molar-refractivity contribution in [2.75, 3.05) is 72.4 Å². The third kappa shape index (κ3) is 27.3. The number of ether oxygens (including phenoxy) is 7. The number of benzene rings is 5. The molecule has 3 amide bonds. The van der Waals surface area contributed by atoms with Gasteiger partial charge in [-0.1, -0.05) is 45.2 Å². The molecule has 8 aromatic rings. The number of anilines is 3. The number of carbonyl (C=O) groups is 8. The van der Waals surface area contributed by atoms with Crippen LogP contribution >= 0.6 is 17.8 Å². The standard InChI is InChI=1S/2C18H23N3O4.C17H21N3O4.C8H8N2O4.C8H10N2O2.CH4O.2CH4.2ClH.Na.2H2O.Sn/c2*1-18(2,3)25-17(23)21-10-6-9-13(21)15-19-12-8-5-7-11(14(12)20-15)16(22)24-4;1-17(2,3)24-16(23)20-9-5-8-12(20)14-18-11-7-4-6-10(15(21)22)13(11)19-14;1-14-8(11)5-3-2-4-6(7(5)9)10(12)13;1-12-8(11)5-3-2-4-6(9)7(5)10;1-2;;;;;;;;/h2*5,7-8,13H,6,9-10H2,1-4H3,(H,19,20);4,6-7,12H,5,8-9H2,1-3H3,(H,18,19)(H,21,22);2-4H,9H2,1H3;2-4H,9-10H2,1H3;2H,1H3;2*1H4;2*1H;;2*1H2;/q;;;;;;;;;;+1;;;+2/p-3/t2*13-;12-;;;;;;;;;;;/m000.........../s1. The first-order valence-corrected chi connectivity index (χ1v) is 39.8. The Bertz CT molecular complexity index is 4250. The number of halogens is 2. The van der Waals surface area contributed by atoms with Crippen molar-refractivity contribution in [2.24, 2.45) is 0 Å². The summed E-state index contributed by atoms with van der Waals surface area (Å²) in [5.74, 6) is -1.12. The number of H-pyrrole nitrogens is 3. The number of methoxy groups -OCH3 is 4. The van der Waals surface area contributed by atoms with Crippen LogP contribution in [0.25, 0.3) is 33.1 Å². The fourth-order valence-electron chi connectivity index (χ4n) is 11.0. The number of amides is 3. The molecule has 0 bridgehead atoms. The summed E-state index contributed by atoms with van der Waals surface area (Å²) in [6, 6.07) is 23.8. The van der Waals surface area contributed by atoms with Gasteiger partial charge in [0, 0.05) is 32.8 Å². The molecule has 38 heteroatoms. The first-order valence-electron chi connectivity index (χ1n) is 32.6. The number of nitro benzene ring substituents is 1. The molecule has 3 aliphatic rings. The largest absolute Gasteiger partial charge is 1.00 e. The average molecular weight is 1700 g/mol. The molecule has 6 heterocycles. The topological polar surface area (TPSA) is 520 Å². The molecule has 3 fully saturated rings. The fourth-order valence-corrected chi connectivity index (χ4v) is 11.0. The van der Waals surface area contributed by atoms with Crippen LogP contribution in [0.5, 0.6) is 0 Å². The van der Waals surface area contributed by atoms with E-state index in [-0.39, 0.29) is 120 Å². The third-order valence-electron chi connectivity index (χ3n) is 15.5. The molecule has 0 aliphatic carbocycles. The molecule has 3 aromatic heterocycles. The van der Waals surface area contributed by atoms with Crippen LogP contribution in [0.3, 0.4) is 0 Å². The van der Waals surface area contributed by atoms with E-state index in [0.717, 1.165) is 56.7 Å². The summed E-state index contributed by atoms with van der Waals surface area (Å²) in [5, 5.41) is 26.7. The number of nitrogen functional groups attached to an aromatic ring is 3. The molecule has 5 aromatic carbocycles. The number of carboxylic acid groups (broad SMARTS) is 1. The van der Waals surface area contributed by atoms with Gasteiger partial charge in [0.1, 0.15) is 56.5 Å². The number of aromatic amines is 3. The fraction of sp³-hybridized carbons (Fsp3) is 0.431. The van der Waals surface area contributed by atoms with Crippen LogP contribution in [0.2, 0.25) is 0 Å². The maximum absolute atomic E-state index is 12.5. The van der Waals surface area contributed by atoms with Gasteiger partial charge in [-0.3, -0.25) is 24.8 Å². The number of carbonyl (C=O) groups excluding carboxylic acids is 7. The SMILES string of the molecule is C.C.CC(C)(C)OC(=O)N1CCC[C@H]1c1nc2c(C(=O)O)cccc2[nH]1.CO.COC(=O)c1cccc(N)c1N.COC(=O)c1cccc([N+](=O)[O-])c1N.COC(=O)c1cccc2[nH]c([C@@H]3CCCN3C(=O)OC(C)(C)C)nc12.COC(=O)c1cccc2[nH]c([C@@H]3CCCN3C(=O)OC(C)(C)C)nc12.O.[Cl][Sn][Cl].[Na+].[OH-]. The number of likely N-dealkylation sites (tertiary alicyclic amines) is 3. The minimum absolute atomic E-state index is 0. The smallest absolute Gasteiger partial charge is 0.870 e. The number of esters is 4. The molecular weight excluding hydrogens is 1600 g/mol. The summed E-state index contributed by atoms with van der Waals surface area (Å²) in [7, 11) is 16.0. The Morgan fingerprint density at radius 1 is 0.500 bits per heavy atom. The van der Waals surface area contributed by atoms with Crippen LogP contribution in [0.4, 0.5) is 37.1 Å². The maximum Gasteiger partial charge on any atom is 1.00 e. The number of carboxylic acids is 1. The molecule has 598 valence electrons. The van der Waals surface area contributed by atoms with Gasteiger partial charge < -0.3 is 86.5 Å². The summed E-state index contributed by atoms with van der Waals surface area (Å²) >= 11 is -0.826. The zero-order valence-electron chi connectivity index (χ0n) is 62.7. The summed E-state index contributed by atoms with van der Waals surface area (Å²) in [5.41, 5.74) is 19.9. The number of nitro groups is 1. The maximum atomic E-state index is 12.5. The number of rotatable bonds is 9. The van der Waals surface area contributed by atoms with Gasteiger partial charge in [0.25, 0.3) is 5.69 Å². The molecule has 0 saturated carbocycles. The number of nitrogens with zero attached hydrogens (tertiary/aromatic N) is 7. The van der Waals surface area contributed by atoms with Crippen molar-refractivity contribution in [2.45, 2.75) is 151 Å². The second kappa shape index (κ2) is 45.8. The van der Waals surface area contributed by atoms with Gasteiger partial charge >= 0.3 is 114 Å². The van der Waals surface area contributed by atoms with Crippen molar-refractivity contribution in [1.29, 1.82) is 0 Å². The first-order chi connectivity index (χ1) is 49.5. The van der Waals surface area contributed by atoms with Gasteiger partial charge in [-0.25, -0.2) is 53.3 Å². The van der Waals surface area contributed by atoms with Crippen molar-refractivity contribution in [3.05, 3.63) is 146 Å². The Hall–Kier alpha value is -9.27. The molecule has 110 heavy (non-hydrogen) atoms. The minimum Gasteiger partial charge on any atom is -0.870 e. The third-order valence-corrected chi connectivity index (χ3v) is 15.5. The number of nitrogens with two attached hydrogens (primary N) is 3. The number of hydrogen-bond acceptors (Lipinski definition) is 25. The Labute approximate surface area is 677 Å². The number of fused-ring (bicyclic) bond motifs is 3. The van der Waals surface area contributed by atoms with Crippen LogP contribution in [-0.4, -0.2) is 210 Å². The zero-order valence-corrected chi connectivity index (χ0v) is 69.0. The second-order valence-corrected chi connectivity index (χ2v) is 30.4. The summed E-state index contributed by atoms with van der Waals surface area (Å²) in [4.78, 5) is 133. The number of aliphatic hydroxyl groups is 1. The minimum atomic E-state index is -1.02. The molecule has 0 unspecified atom stereocenters. The quantitative estimate of drug-likeness (QED) is 0.0166. The van der Waals surface area contributed by atoms with Crippen LogP contribution < -0.4 is 46.8 Å². The number of aliphatic hydroxyl groups excluding tert-OH is 1. The molecule has 14 N–H and O–H groups in total. The van der Waals surface area contributed by atoms with E-state index >= 15 is 0 Å². The molecule has 3 saturated heterocycles. The predicted molar refractivity (Wildman–Crippen MR) is 413 cm³/mol. The molecule has 11 rings (SSSR count). The van der Waals surface area contributed by atoms with Gasteiger partial charge in [0.05, 0.1) is 107 Å². The van der Waals surface area contributed by atoms with Gasteiger partial charge in [-0.2, -0.15) is 0 Å². The van der Waals surface area contributed by atoms with Crippen molar-refractivity contribution in [1.82, 2.24) is 44.6 Å². The van der Waals surface area contributed by atoms with Crippen LogP contribution in [-0.2, 0) is 33.2 Å². The number of hydrogen-bond donors (Lipinski definition) is 8. The molecule has 3 aliphatic heterocycles. The number of imidazole rings is 3. The van der Waals surface area contributed by atoms with Crippen molar-refractivity contribution < 1.29 is 127 Å². The second-order valence-electron chi connectivity index (χ2n) is 26.1. The average Bonchev–Trinajstić information content (AvgIpc) is 1.64. The molecule has 3 atom stereocenters. The van der Waals surface area contributed by atoms with Gasteiger partial charge in [-0.05, 0) is 155 Å². The van der Waals surface area contributed by atoms with E-state index in [1.165, 1.54) is 52.7 Å². The van der Waals surface area contributed by atoms with Crippen LogP contribution in [0.1, 0.15) is 203 Å². The van der Waals surface area contributed by atoms with E-state index in [2.05, 4.69) is 39.4 Å². The van der Waals surface area contributed by atoms with E-state index < -0.39 is 70.5 Å². The monoisotopic (exact) mass is 1700 g/mol. The Morgan fingerprint density at radius 3 is 1.05 bits per heavy atom. The van der Waals surface area contributed by atoms with Crippen molar-refractivity contribution >= 4 is 141 Å². The van der Waals surface area contributed by atoms with E-state index in [4.69, 9.17) is 63.8 Å². The molecular formula is C72H100Cl2N13NaO21Sn. The zero-order chi connectivity index (χ0) is 78.4. The van der Waals surface area contributed by atoms with Gasteiger partial charge in [-0.15, -0.1) is 0 Å². The first kappa shape index (κ1) is 101. The number of nitrogens with one attached hydrogen (secondary N) is 3. The van der Waals surface area contributed by atoms with E-state index in [9.17, 15) is 53.6 Å². The van der Waals surface area contributed by atoms with Crippen LogP contribution in [0, 0.1) is 10.1 Å². The molecule has 34 nitrogen and oxygen atoms in total. The van der Waals surface area contributed by atoms with Crippen LogP contribution in [0.15, 0.2) is 91.0 Å². The van der Waals surface area contributed by atoms with Gasteiger partial charge in [0.2, 0.25) is 0 Å². The van der Waals surface area contributed by atoms with E-state index in [1.54, 1.807) is 69.3 Å². The molecule has 0 spiro atoms. The predicted octanol–water partition coefficient (Wildman–Crippen LogP) is 9.66. The van der Waals surface area contributed by atoms with E-state index in [1.807, 2.05) is 74.4 Å². The number of para-hydroxylation sites is 5. The Balaban J connectivity index is 0.00000134. The Morgan fingerprint density at radius 2 is 0.764 bits per heavy atom. The molecule has 2 radical (unpaired) electrons. The number of aromatic carboxylic acids is 1.